The lowest BCUT2D eigenvalue weighted by atomic mass is 9.95. The second-order valence-corrected chi connectivity index (χ2v) is 9.01. The number of thiophene rings is 1. The number of benzene rings is 1. The van der Waals surface area contributed by atoms with E-state index in [1.165, 1.54) is 5.56 Å². The summed E-state index contributed by atoms with van der Waals surface area (Å²) in [7, 11) is 0. The van der Waals surface area contributed by atoms with Crippen LogP contribution in [0, 0.1) is 5.92 Å². The molecule has 30 heavy (non-hydrogen) atoms. The average molecular weight is 424 g/mol. The number of likely N-dealkylation sites (tertiary alicyclic amines) is 1. The quantitative estimate of drug-likeness (QED) is 0.635. The lowest BCUT2D eigenvalue weighted by molar-refractivity contribution is -0.126. The molecule has 0 bridgehead atoms. The van der Waals surface area contributed by atoms with Crippen LogP contribution in [0.15, 0.2) is 47.8 Å². The Hall–Kier alpha value is -2.60. The molecule has 3 heterocycles. The number of nitrogens with zero attached hydrogens (tertiary/aromatic N) is 2. The molecule has 0 saturated carbocycles. The molecule has 1 saturated heterocycles. The smallest absolute Gasteiger partial charge is 0.270 e. The number of carbonyl (C=O) groups excluding carboxylic acids is 2. The molecule has 5 nitrogen and oxygen atoms in total. The van der Waals surface area contributed by atoms with Crippen LogP contribution in [0.2, 0.25) is 0 Å². The molecular weight excluding hydrogens is 394 g/mol. The summed E-state index contributed by atoms with van der Waals surface area (Å²) in [5, 5.41) is 5.18. The third kappa shape index (κ3) is 4.15. The molecule has 1 aromatic carbocycles. The van der Waals surface area contributed by atoms with Crippen molar-refractivity contribution in [2.75, 3.05) is 19.6 Å². The number of aromatic nitrogens is 1. The van der Waals surface area contributed by atoms with Crippen LogP contribution in [0.3, 0.4) is 0 Å². The lowest BCUT2D eigenvalue weighted by Gasteiger charge is -2.31. The highest BCUT2D eigenvalue weighted by molar-refractivity contribution is 7.17. The maximum absolute atomic E-state index is 13.1. The number of aryl methyl sites for hydroxylation is 1. The van der Waals surface area contributed by atoms with Gasteiger partial charge in [-0.05, 0) is 48.8 Å². The van der Waals surface area contributed by atoms with Gasteiger partial charge in [0.1, 0.15) is 5.69 Å². The van der Waals surface area contributed by atoms with Crippen LogP contribution in [0.1, 0.15) is 48.7 Å². The fraction of sp³-hybridized carbons (Fsp3) is 0.417. The van der Waals surface area contributed by atoms with E-state index in [2.05, 4.69) is 47.3 Å². The highest BCUT2D eigenvalue weighted by Gasteiger charge is 2.29. The molecular formula is C24H29N3O2S. The van der Waals surface area contributed by atoms with Crippen LogP contribution in [0.25, 0.3) is 10.2 Å². The van der Waals surface area contributed by atoms with Gasteiger partial charge in [-0.3, -0.25) is 9.59 Å². The number of hydrogen-bond acceptors (Lipinski definition) is 3. The molecule has 3 aromatic rings. The SMILES string of the molecule is CCn1c(C(=O)N2CCC(C(=O)NC[C@@H](C)c3ccccc3)CC2)cc2sccc21. The van der Waals surface area contributed by atoms with Crippen molar-refractivity contribution in [2.24, 2.45) is 5.92 Å². The Morgan fingerprint density at radius 1 is 1.17 bits per heavy atom. The Morgan fingerprint density at radius 3 is 2.60 bits per heavy atom. The number of nitrogens with one attached hydrogen (secondary N) is 1. The van der Waals surface area contributed by atoms with Crippen molar-refractivity contribution in [1.29, 1.82) is 0 Å². The second-order valence-electron chi connectivity index (χ2n) is 8.07. The highest BCUT2D eigenvalue weighted by atomic mass is 32.1. The molecule has 2 amide bonds. The first-order valence-corrected chi connectivity index (χ1v) is 11.6. The molecule has 4 rings (SSSR count). The average Bonchev–Trinajstić information content (AvgIpc) is 3.38. The molecule has 158 valence electrons. The molecule has 1 N–H and O–H groups in total. The molecule has 6 heteroatoms. The lowest BCUT2D eigenvalue weighted by Crippen LogP contribution is -2.44. The first-order valence-electron chi connectivity index (χ1n) is 10.8. The summed E-state index contributed by atoms with van der Waals surface area (Å²) in [4.78, 5) is 27.7. The fourth-order valence-corrected chi connectivity index (χ4v) is 5.12. The summed E-state index contributed by atoms with van der Waals surface area (Å²) in [6, 6.07) is 14.3. The number of hydrogen-bond donors (Lipinski definition) is 1. The van der Waals surface area contributed by atoms with Gasteiger partial charge < -0.3 is 14.8 Å². The third-order valence-corrected chi connectivity index (χ3v) is 7.02. The van der Waals surface area contributed by atoms with E-state index in [0.717, 1.165) is 35.3 Å². The van der Waals surface area contributed by atoms with E-state index >= 15 is 0 Å². The summed E-state index contributed by atoms with van der Waals surface area (Å²) in [5.74, 6) is 0.463. The summed E-state index contributed by atoms with van der Waals surface area (Å²) in [6.07, 6.45) is 1.44. The van der Waals surface area contributed by atoms with Gasteiger partial charge in [-0.15, -0.1) is 11.3 Å². The predicted molar refractivity (Wildman–Crippen MR) is 122 cm³/mol. The molecule has 1 atom stereocenters. The second kappa shape index (κ2) is 9.04. The summed E-state index contributed by atoms with van der Waals surface area (Å²) < 4.78 is 3.25. The van der Waals surface area contributed by atoms with Crippen molar-refractivity contribution in [3.05, 3.63) is 59.1 Å². The Kier molecular flexibility index (Phi) is 6.23. The van der Waals surface area contributed by atoms with Crippen molar-refractivity contribution >= 4 is 33.4 Å². The minimum Gasteiger partial charge on any atom is -0.355 e. The minimum atomic E-state index is -0.0153. The first kappa shape index (κ1) is 20.7. The first-order chi connectivity index (χ1) is 14.6. The van der Waals surface area contributed by atoms with E-state index in [1.54, 1.807) is 11.3 Å². The monoisotopic (exact) mass is 423 g/mol. The van der Waals surface area contributed by atoms with Crippen LogP contribution < -0.4 is 5.32 Å². The maximum Gasteiger partial charge on any atom is 0.270 e. The van der Waals surface area contributed by atoms with E-state index in [-0.39, 0.29) is 23.7 Å². The van der Waals surface area contributed by atoms with Crippen molar-refractivity contribution < 1.29 is 9.59 Å². The number of carbonyl (C=O) groups is 2. The summed E-state index contributed by atoms with van der Waals surface area (Å²) in [6.45, 7) is 6.88. The third-order valence-electron chi connectivity index (χ3n) is 6.16. The van der Waals surface area contributed by atoms with Gasteiger partial charge in [0.25, 0.3) is 5.91 Å². The maximum atomic E-state index is 13.1. The molecule has 0 radical (unpaired) electrons. The van der Waals surface area contributed by atoms with Gasteiger partial charge in [0.2, 0.25) is 5.91 Å². The largest absolute Gasteiger partial charge is 0.355 e. The zero-order valence-electron chi connectivity index (χ0n) is 17.6. The van der Waals surface area contributed by atoms with Crippen LogP contribution in [-0.4, -0.2) is 40.9 Å². The van der Waals surface area contributed by atoms with Crippen LogP contribution >= 0.6 is 11.3 Å². The van der Waals surface area contributed by atoms with Gasteiger partial charge >= 0.3 is 0 Å². The van der Waals surface area contributed by atoms with Gasteiger partial charge in [0, 0.05) is 32.1 Å². The zero-order chi connectivity index (χ0) is 21.1. The van der Waals surface area contributed by atoms with Gasteiger partial charge in [-0.1, -0.05) is 37.3 Å². The zero-order valence-corrected chi connectivity index (χ0v) is 18.5. The molecule has 0 unspecified atom stereocenters. The predicted octanol–water partition coefficient (Wildman–Crippen LogP) is 4.49. The van der Waals surface area contributed by atoms with Crippen molar-refractivity contribution in [3.63, 3.8) is 0 Å². The fourth-order valence-electron chi connectivity index (χ4n) is 4.30. The van der Waals surface area contributed by atoms with Crippen molar-refractivity contribution in [1.82, 2.24) is 14.8 Å². The van der Waals surface area contributed by atoms with E-state index in [1.807, 2.05) is 29.2 Å². The van der Waals surface area contributed by atoms with Crippen LogP contribution in [0.5, 0.6) is 0 Å². The highest BCUT2D eigenvalue weighted by Crippen LogP contribution is 2.27. The molecule has 0 spiro atoms. The molecule has 1 fully saturated rings. The molecule has 2 aromatic heterocycles. The normalized spacial score (nSPS) is 16.0. The number of fused-ring (bicyclic) bond motifs is 1. The van der Waals surface area contributed by atoms with E-state index < -0.39 is 0 Å². The Labute approximate surface area is 181 Å². The Morgan fingerprint density at radius 2 is 1.90 bits per heavy atom. The van der Waals surface area contributed by atoms with Gasteiger partial charge in [0.15, 0.2) is 0 Å². The number of amides is 2. The van der Waals surface area contributed by atoms with E-state index in [9.17, 15) is 9.59 Å². The van der Waals surface area contributed by atoms with Gasteiger partial charge in [0.05, 0.1) is 10.2 Å². The van der Waals surface area contributed by atoms with Gasteiger partial charge in [-0.25, -0.2) is 0 Å². The van der Waals surface area contributed by atoms with E-state index in [0.29, 0.717) is 19.6 Å². The van der Waals surface area contributed by atoms with Gasteiger partial charge in [-0.2, -0.15) is 0 Å². The van der Waals surface area contributed by atoms with Crippen molar-refractivity contribution in [2.45, 2.75) is 39.2 Å². The summed E-state index contributed by atoms with van der Waals surface area (Å²) >= 11 is 1.67. The Bertz CT molecular complexity index is 1020. The topological polar surface area (TPSA) is 54.3 Å². The number of rotatable bonds is 6. The minimum absolute atomic E-state index is 0.0153. The molecule has 1 aliphatic rings. The van der Waals surface area contributed by atoms with Crippen LogP contribution in [0.4, 0.5) is 0 Å². The summed E-state index contributed by atoms with van der Waals surface area (Å²) in [5.41, 5.74) is 3.13. The van der Waals surface area contributed by atoms with Crippen LogP contribution in [-0.2, 0) is 11.3 Å². The molecule has 1 aliphatic heterocycles. The molecule has 0 aliphatic carbocycles. The standard InChI is InChI=1S/C24H29N3O2S/c1-3-27-20-11-14-30-22(20)15-21(27)24(29)26-12-9-19(10-13-26)23(28)25-16-17(2)18-7-5-4-6-8-18/h4-8,11,14-15,17,19H,3,9-10,12-13,16H2,1-2H3,(H,25,28)/t17-/m1/s1. The number of piperidine rings is 1. The Balaban J connectivity index is 1.31. The van der Waals surface area contributed by atoms with Crippen molar-refractivity contribution in [3.8, 4) is 0 Å². The van der Waals surface area contributed by atoms with E-state index in [4.69, 9.17) is 0 Å².